The van der Waals surface area contributed by atoms with Gasteiger partial charge < -0.3 is 19.9 Å². The van der Waals surface area contributed by atoms with Gasteiger partial charge in [0.25, 0.3) is 5.91 Å². The predicted octanol–water partition coefficient (Wildman–Crippen LogP) is 2.83. The molecule has 0 radical (unpaired) electrons. The fraction of sp³-hybridized carbons (Fsp3) is 0.348. The van der Waals surface area contributed by atoms with Crippen molar-refractivity contribution in [1.82, 2.24) is 9.80 Å². The maximum Gasteiger partial charge on any atom is 0.260 e. The Balaban J connectivity index is 1.37. The molecule has 28 heavy (non-hydrogen) atoms. The molecule has 5 heteroatoms. The van der Waals surface area contributed by atoms with Gasteiger partial charge in [-0.2, -0.15) is 0 Å². The molecular weight excluding hydrogens is 350 g/mol. The van der Waals surface area contributed by atoms with Crippen LogP contribution < -0.4 is 5.32 Å². The highest BCUT2D eigenvalue weighted by Crippen LogP contribution is 2.41. The summed E-state index contributed by atoms with van der Waals surface area (Å²) in [6, 6.07) is 14.3. The lowest BCUT2D eigenvalue weighted by atomic mass is 9.98. The first kappa shape index (κ1) is 17.5. The van der Waals surface area contributed by atoms with E-state index in [4.69, 9.17) is 4.74 Å². The quantitative estimate of drug-likeness (QED) is 0.838. The minimum absolute atomic E-state index is 0.0804. The molecule has 0 atom stereocenters. The lowest BCUT2D eigenvalue weighted by molar-refractivity contribution is -0.110. The Labute approximate surface area is 165 Å². The number of hydrogen-bond acceptors (Lipinski definition) is 4. The molecule has 3 heterocycles. The number of ether oxygens (including phenoxy) is 1. The molecule has 2 aromatic carbocycles. The number of carbonyl (C=O) groups excluding carboxylic acids is 1. The molecule has 3 aliphatic heterocycles. The lowest BCUT2D eigenvalue weighted by Crippen LogP contribution is -2.45. The van der Waals surface area contributed by atoms with Gasteiger partial charge in [-0.3, -0.25) is 4.79 Å². The summed E-state index contributed by atoms with van der Waals surface area (Å²) in [5.74, 6) is 0.631. The van der Waals surface area contributed by atoms with Gasteiger partial charge in [-0.1, -0.05) is 36.4 Å². The Morgan fingerprint density at radius 3 is 2.71 bits per heavy atom. The van der Waals surface area contributed by atoms with E-state index in [1.165, 1.54) is 11.1 Å². The zero-order valence-electron chi connectivity index (χ0n) is 16.2. The number of piperazine rings is 1. The van der Waals surface area contributed by atoms with Crippen molar-refractivity contribution in [2.24, 2.45) is 0 Å². The van der Waals surface area contributed by atoms with E-state index in [1.807, 2.05) is 24.3 Å². The first-order chi connectivity index (χ1) is 13.7. The molecule has 144 valence electrons. The summed E-state index contributed by atoms with van der Waals surface area (Å²) in [6.07, 6.45) is 1.05. The molecule has 0 aliphatic carbocycles. The summed E-state index contributed by atoms with van der Waals surface area (Å²) >= 11 is 0. The van der Waals surface area contributed by atoms with Crippen LogP contribution in [0.2, 0.25) is 0 Å². The van der Waals surface area contributed by atoms with Gasteiger partial charge in [0.1, 0.15) is 12.4 Å². The average molecular weight is 375 g/mol. The number of nitrogens with one attached hydrogen (secondary N) is 1. The van der Waals surface area contributed by atoms with Crippen molar-refractivity contribution in [2.75, 3.05) is 45.1 Å². The molecule has 5 rings (SSSR count). The normalized spacial score (nSPS) is 22.0. The summed E-state index contributed by atoms with van der Waals surface area (Å²) in [5, 5.41) is 2.94. The molecule has 0 saturated carbocycles. The van der Waals surface area contributed by atoms with Gasteiger partial charge in [-0.15, -0.1) is 0 Å². The van der Waals surface area contributed by atoms with Gasteiger partial charge in [0, 0.05) is 55.1 Å². The van der Waals surface area contributed by atoms with Gasteiger partial charge in [-0.05, 0) is 25.1 Å². The highest BCUT2D eigenvalue weighted by molar-refractivity contribution is 6.36. The highest BCUT2D eigenvalue weighted by atomic mass is 16.5. The van der Waals surface area contributed by atoms with E-state index in [9.17, 15) is 4.79 Å². The Morgan fingerprint density at radius 1 is 1.04 bits per heavy atom. The van der Waals surface area contributed by atoms with E-state index in [2.05, 4.69) is 40.4 Å². The maximum atomic E-state index is 12.5. The van der Waals surface area contributed by atoms with Crippen LogP contribution in [0.3, 0.4) is 0 Å². The number of hydrogen-bond donors (Lipinski definition) is 1. The summed E-state index contributed by atoms with van der Waals surface area (Å²) in [7, 11) is 2.19. The van der Waals surface area contributed by atoms with Crippen molar-refractivity contribution in [3.63, 3.8) is 0 Å². The van der Waals surface area contributed by atoms with Crippen LogP contribution in [-0.4, -0.2) is 55.5 Å². The lowest BCUT2D eigenvalue weighted by Gasteiger charge is -2.32. The number of fused-ring (bicyclic) bond motifs is 2. The Hall–Kier alpha value is -2.63. The zero-order valence-corrected chi connectivity index (χ0v) is 16.2. The summed E-state index contributed by atoms with van der Waals surface area (Å²) in [4.78, 5) is 17.5. The number of nitrogens with zero attached hydrogens (tertiary/aromatic N) is 2. The van der Waals surface area contributed by atoms with Gasteiger partial charge in [0.15, 0.2) is 0 Å². The molecule has 2 aromatic rings. The standard InChI is InChI=1S/C23H25N3O2/c1-25-10-12-26(13-11-25)9-8-16-6-7-18-17(14-16)15-28-22(18)21-19-4-2-3-5-20(19)24-23(21)27/h2-7,14H,8-13,15H2,1H3,(H,24,27). The number of rotatable bonds is 3. The molecule has 5 nitrogen and oxygen atoms in total. The van der Waals surface area contributed by atoms with Gasteiger partial charge in [0.05, 0.1) is 5.57 Å². The fourth-order valence-electron chi connectivity index (χ4n) is 4.28. The summed E-state index contributed by atoms with van der Waals surface area (Å²) in [6.45, 7) is 6.23. The number of amides is 1. The van der Waals surface area contributed by atoms with Crippen molar-refractivity contribution < 1.29 is 9.53 Å². The van der Waals surface area contributed by atoms with Crippen LogP contribution in [0.5, 0.6) is 0 Å². The van der Waals surface area contributed by atoms with E-state index in [1.54, 1.807) is 0 Å². The monoisotopic (exact) mass is 375 g/mol. The minimum Gasteiger partial charge on any atom is -0.487 e. The van der Waals surface area contributed by atoms with Crippen molar-refractivity contribution in [1.29, 1.82) is 0 Å². The average Bonchev–Trinajstić information content (AvgIpc) is 3.26. The molecular formula is C23H25N3O2. The van der Waals surface area contributed by atoms with Crippen molar-refractivity contribution in [3.8, 4) is 0 Å². The third kappa shape index (κ3) is 3.11. The first-order valence-corrected chi connectivity index (χ1v) is 10.00. The summed E-state index contributed by atoms with van der Waals surface area (Å²) in [5.41, 5.74) is 5.99. The van der Waals surface area contributed by atoms with E-state index < -0.39 is 0 Å². The number of benzene rings is 2. The Bertz CT molecular complexity index is 958. The van der Waals surface area contributed by atoms with Crippen LogP contribution in [0, 0.1) is 0 Å². The van der Waals surface area contributed by atoms with E-state index in [-0.39, 0.29) is 5.91 Å². The van der Waals surface area contributed by atoms with Gasteiger partial charge in [-0.25, -0.2) is 0 Å². The van der Waals surface area contributed by atoms with Crippen LogP contribution in [-0.2, 0) is 22.6 Å². The second-order valence-electron chi connectivity index (χ2n) is 7.88. The zero-order chi connectivity index (χ0) is 19.1. The molecule has 0 aromatic heterocycles. The molecule has 0 unspecified atom stereocenters. The van der Waals surface area contributed by atoms with E-state index in [0.717, 1.165) is 56.0 Å². The second kappa shape index (κ2) is 7.08. The number of anilines is 1. The van der Waals surface area contributed by atoms with Crippen LogP contribution in [0.15, 0.2) is 42.5 Å². The van der Waals surface area contributed by atoms with Gasteiger partial charge in [0.2, 0.25) is 0 Å². The molecule has 0 spiro atoms. The second-order valence-corrected chi connectivity index (χ2v) is 7.88. The molecule has 0 bridgehead atoms. The Morgan fingerprint density at radius 2 is 1.86 bits per heavy atom. The largest absolute Gasteiger partial charge is 0.487 e. The first-order valence-electron chi connectivity index (χ1n) is 10.00. The van der Waals surface area contributed by atoms with Crippen LogP contribution >= 0.6 is 0 Å². The van der Waals surface area contributed by atoms with Crippen molar-refractivity contribution >= 4 is 22.9 Å². The minimum atomic E-state index is -0.0804. The third-order valence-electron chi connectivity index (χ3n) is 6.00. The number of para-hydroxylation sites is 1. The topological polar surface area (TPSA) is 44.8 Å². The third-order valence-corrected chi connectivity index (χ3v) is 6.00. The molecule has 1 saturated heterocycles. The highest BCUT2D eigenvalue weighted by Gasteiger charge is 2.32. The predicted molar refractivity (Wildman–Crippen MR) is 111 cm³/mol. The SMILES string of the molecule is CN1CCN(CCc2ccc3c(c2)COC3=C2C(=O)Nc3ccccc32)CC1. The Kier molecular flexibility index (Phi) is 4.41. The van der Waals surface area contributed by atoms with Crippen molar-refractivity contribution in [3.05, 3.63) is 64.7 Å². The fourth-order valence-corrected chi connectivity index (χ4v) is 4.28. The van der Waals surface area contributed by atoms with Crippen LogP contribution in [0.25, 0.3) is 11.3 Å². The van der Waals surface area contributed by atoms with E-state index >= 15 is 0 Å². The molecule has 1 amide bonds. The van der Waals surface area contributed by atoms with Crippen molar-refractivity contribution in [2.45, 2.75) is 13.0 Å². The molecule has 1 fully saturated rings. The number of likely N-dealkylation sites (N-methyl/N-ethyl adjacent to an activating group) is 1. The molecule has 3 aliphatic rings. The van der Waals surface area contributed by atoms with Gasteiger partial charge >= 0.3 is 0 Å². The smallest absolute Gasteiger partial charge is 0.260 e. The summed E-state index contributed by atoms with van der Waals surface area (Å²) < 4.78 is 6.00. The number of carbonyl (C=O) groups is 1. The van der Waals surface area contributed by atoms with E-state index in [0.29, 0.717) is 17.9 Å². The molecule has 1 N–H and O–H groups in total. The maximum absolute atomic E-state index is 12.5. The van der Waals surface area contributed by atoms with Crippen LogP contribution in [0.1, 0.15) is 22.3 Å². The van der Waals surface area contributed by atoms with Crippen LogP contribution in [0.4, 0.5) is 5.69 Å².